The number of benzene rings is 2. The van der Waals surface area contributed by atoms with Crippen LogP contribution >= 0.6 is 0 Å². The predicted octanol–water partition coefficient (Wildman–Crippen LogP) is 1.37. The van der Waals surface area contributed by atoms with Gasteiger partial charge in [-0.05, 0) is 11.1 Å². The molecule has 0 radical (unpaired) electrons. The maximum absolute atomic E-state index is 11.4. The van der Waals surface area contributed by atoms with E-state index in [1.165, 1.54) is 12.1 Å². The van der Waals surface area contributed by atoms with Gasteiger partial charge in [-0.25, -0.2) is 0 Å². The summed E-state index contributed by atoms with van der Waals surface area (Å²) in [4.78, 5) is 8.28. The van der Waals surface area contributed by atoms with Crippen LogP contribution in [0.15, 0.2) is 58.5 Å². The van der Waals surface area contributed by atoms with Crippen molar-refractivity contribution >= 4 is 12.4 Å². The van der Waals surface area contributed by atoms with Crippen LogP contribution in [0.5, 0.6) is 11.5 Å². The fraction of sp³-hybridized carbons (Fsp3) is 0.125. The molecule has 0 N–H and O–H groups in total. The summed E-state index contributed by atoms with van der Waals surface area (Å²) in [5.74, 6) is -0.0833. The second kappa shape index (κ2) is 9.07. The fourth-order valence-corrected chi connectivity index (χ4v) is 1.62. The average Bonchev–Trinajstić information content (AvgIpc) is 2.46. The molecule has 2 aromatic rings. The van der Waals surface area contributed by atoms with Crippen LogP contribution in [0.2, 0.25) is 0 Å². The van der Waals surface area contributed by atoms with Gasteiger partial charge < -0.3 is 10.2 Å². The first-order valence-electron chi connectivity index (χ1n) is 6.29. The minimum Gasteiger partial charge on any atom is -0.872 e. The summed E-state index contributed by atoms with van der Waals surface area (Å²) in [6.07, 6.45) is 3.11. The molecule has 0 fully saturated rings. The third kappa shape index (κ3) is 5.51. The first-order valence-corrected chi connectivity index (χ1v) is 6.29. The first kappa shape index (κ1) is 17.1. The Hall–Kier alpha value is -1.96. The van der Waals surface area contributed by atoms with Crippen molar-refractivity contribution in [1.82, 2.24) is 0 Å². The van der Waals surface area contributed by atoms with Crippen LogP contribution in [0.4, 0.5) is 0 Å². The van der Waals surface area contributed by atoms with E-state index in [4.69, 9.17) is 0 Å². The minimum atomic E-state index is -0.0416. The van der Waals surface area contributed by atoms with Gasteiger partial charge >= 0.3 is 20.4 Å². The van der Waals surface area contributed by atoms with Gasteiger partial charge in [0.25, 0.3) is 0 Å². The van der Waals surface area contributed by atoms with Crippen molar-refractivity contribution in [3.63, 3.8) is 0 Å². The van der Waals surface area contributed by atoms with Crippen LogP contribution < -0.4 is 10.2 Å². The number of nitrogens with zero attached hydrogens (tertiary/aromatic N) is 2. The Morgan fingerprint density at radius 2 is 1.10 bits per heavy atom. The quantitative estimate of drug-likeness (QED) is 0.452. The number of para-hydroxylation sites is 2. The van der Waals surface area contributed by atoms with E-state index in [1.807, 2.05) is 0 Å². The molecule has 0 saturated carbocycles. The zero-order valence-electron chi connectivity index (χ0n) is 11.2. The monoisotopic (exact) mass is 372 g/mol. The van der Waals surface area contributed by atoms with Crippen LogP contribution in [-0.4, -0.2) is 25.5 Å². The molecule has 0 saturated heterocycles. The van der Waals surface area contributed by atoms with E-state index in [0.717, 1.165) is 0 Å². The number of rotatable bonds is 5. The molecule has 5 heteroatoms. The number of aliphatic imine (C=N–C) groups is 2. The Kier molecular flexibility index (Phi) is 7.38. The van der Waals surface area contributed by atoms with E-state index in [-0.39, 0.29) is 31.9 Å². The van der Waals surface area contributed by atoms with Gasteiger partial charge in [0.2, 0.25) is 0 Å². The Morgan fingerprint density at radius 3 is 1.48 bits per heavy atom. The molecule has 0 amide bonds. The maximum Gasteiger partial charge on any atom is 2.00 e. The molecule has 0 atom stereocenters. The molecule has 0 bridgehead atoms. The van der Waals surface area contributed by atoms with E-state index in [9.17, 15) is 10.2 Å². The summed E-state index contributed by atoms with van der Waals surface area (Å²) in [5, 5.41) is 22.8. The summed E-state index contributed by atoms with van der Waals surface area (Å²) < 4.78 is 0. The van der Waals surface area contributed by atoms with Crippen LogP contribution in [0.25, 0.3) is 0 Å². The Morgan fingerprint density at radius 1 is 0.714 bits per heavy atom. The molecule has 4 nitrogen and oxygen atoms in total. The van der Waals surface area contributed by atoms with Gasteiger partial charge in [-0.3, -0.25) is 9.98 Å². The van der Waals surface area contributed by atoms with Crippen molar-refractivity contribution in [2.24, 2.45) is 9.98 Å². The summed E-state index contributed by atoms with van der Waals surface area (Å²) in [7, 11) is 0. The van der Waals surface area contributed by atoms with Crippen molar-refractivity contribution < 1.29 is 30.6 Å². The number of hydrogen-bond acceptors (Lipinski definition) is 4. The van der Waals surface area contributed by atoms with Crippen molar-refractivity contribution in [3.05, 3.63) is 59.7 Å². The molecule has 0 unspecified atom stereocenters. The largest absolute Gasteiger partial charge is 2.00 e. The van der Waals surface area contributed by atoms with Crippen LogP contribution in [0.3, 0.4) is 0 Å². The molecular weight excluding hydrogens is 359 g/mol. The zero-order chi connectivity index (χ0) is 14.2. The van der Waals surface area contributed by atoms with Crippen molar-refractivity contribution in [3.8, 4) is 11.5 Å². The Labute approximate surface area is 137 Å². The SMILES string of the molecule is [O-]c1ccccc1C=NCCN=Cc1ccccc1[O-].[Pd+2]. The van der Waals surface area contributed by atoms with Crippen LogP contribution in [0.1, 0.15) is 11.1 Å². The van der Waals surface area contributed by atoms with Gasteiger partial charge in [-0.1, -0.05) is 48.5 Å². The molecule has 110 valence electrons. The molecular formula is C16H14N2O2Pd. The summed E-state index contributed by atoms with van der Waals surface area (Å²) in [6, 6.07) is 13.5. The van der Waals surface area contributed by atoms with Crippen molar-refractivity contribution in [2.75, 3.05) is 13.1 Å². The molecule has 21 heavy (non-hydrogen) atoms. The van der Waals surface area contributed by atoms with Gasteiger partial charge in [0, 0.05) is 12.4 Å². The molecule has 0 aromatic heterocycles. The molecule has 0 spiro atoms. The van der Waals surface area contributed by atoms with Crippen molar-refractivity contribution in [1.29, 1.82) is 0 Å². The minimum absolute atomic E-state index is 0. The zero-order valence-corrected chi connectivity index (χ0v) is 12.8. The average molecular weight is 373 g/mol. The van der Waals surface area contributed by atoms with Crippen LogP contribution in [0, 0.1) is 0 Å². The van der Waals surface area contributed by atoms with Crippen LogP contribution in [-0.2, 0) is 20.4 Å². The van der Waals surface area contributed by atoms with Gasteiger partial charge in [0.05, 0.1) is 13.1 Å². The topological polar surface area (TPSA) is 70.8 Å². The second-order valence-electron chi connectivity index (χ2n) is 4.15. The normalized spacial score (nSPS) is 10.9. The standard InChI is InChI=1S/C16H16N2O2.Pd/c19-15-7-3-1-5-13(15)11-17-9-10-18-12-14-6-2-4-8-16(14)20;/h1-8,11-12,19-20H,9-10H2;/q;+2/p-2. The summed E-state index contributed by atoms with van der Waals surface area (Å²) >= 11 is 0. The Balaban J connectivity index is 0.00000220. The molecule has 0 aliphatic heterocycles. The van der Waals surface area contributed by atoms with Gasteiger partial charge in [-0.2, -0.15) is 0 Å². The fourth-order valence-electron chi connectivity index (χ4n) is 1.62. The third-order valence-corrected chi connectivity index (χ3v) is 2.66. The molecule has 2 aromatic carbocycles. The predicted molar refractivity (Wildman–Crippen MR) is 76.7 cm³/mol. The first-order chi connectivity index (χ1) is 9.77. The molecule has 0 heterocycles. The summed E-state index contributed by atoms with van der Waals surface area (Å²) in [6.45, 7) is 0.956. The van der Waals surface area contributed by atoms with E-state index in [2.05, 4.69) is 9.98 Å². The van der Waals surface area contributed by atoms with E-state index < -0.39 is 0 Å². The van der Waals surface area contributed by atoms with Gasteiger partial charge in [0.15, 0.2) is 0 Å². The molecule has 2 rings (SSSR count). The van der Waals surface area contributed by atoms with E-state index in [0.29, 0.717) is 24.2 Å². The third-order valence-electron chi connectivity index (χ3n) is 2.66. The van der Waals surface area contributed by atoms with E-state index in [1.54, 1.807) is 48.8 Å². The van der Waals surface area contributed by atoms with Gasteiger partial charge in [0.1, 0.15) is 0 Å². The van der Waals surface area contributed by atoms with E-state index >= 15 is 0 Å². The maximum atomic E-state index is 11.4. The summed E-state index contributed by atoms with van der Waals surface area (Å²) in [5.41, 5.74) is 1.14. The smallest absolute Gasteiger partial charge is 0.872 e. The Bertz CT molecular complexity index is 572. The second-order valence-corrected chi connectivity index (χ2v) is 4.15. The molecule has 0 aliphatic carbocycles. The van der Waals surface area contributed by atoms with Crippen molar-refractivity contribution in [2.45, 2.75) is 0 Å². The molecule has 0 aliphatic rings. The number of hydrogen-bond donors (Lipinski definition) is 0. The van der Waals surface area contributed by atoms with Gasteiger partial charge in [-0.15, -0.1) is 11.5 Å².